The molecule has 8 heteroatoms. The van der Waals surface area contributed by atoms with Crippen molar-refractivity contribution in [2.75, 3.05) is 0 Å². The van der Waals surface area contributed by atoms with Gasteiger partial charge in [-0.1, -0.05) is 79.6 Å². The van der Waals surface area contributed by atoms with Crippen LogP contribution in [0.3, 0.4) is 0 Å². The largest absolute Gasteiger partial charge is 0.418 e. The summed E-state index contributed by atoms with van der Waals surface area (Å²) in [7, 11) is 0. The predicted molar refractivity (Wildman–Crippen MR) is 154 cm³/mol. The molecule has 1 nitrogen and oxygen atoms in total. The fourth-order valence-corrected chi connectivity index (χ4v) is 6.40. The lowest BCUT2D eigenvalue weighted by Gasteiger charge is -2.27. The number of alkyl halides is 6. The second-order valence-electron chi connectivity index (χ2n) is 11.0. The lowest BCUT2D eigenvalue weighted by atomic mass is 9.84. The highest BCUT2D eigenvalue weighted by molar-refractivity contribution is 7.23. The number of aryl methyl sites for hydroxylation is 2. The molecule has 5 rings (SSSR count). The molecule has 5 aromatic rings. The summed E-state index contributed by atoms with van der Waals surface area (Å²) in [5, 5.41) is 0.114. The smallest absolute Gasteiger partial charge is 0.255 e. The number of rotatable bonds is 5. The third-order valence-corrected chi connectivity index (χ3v) is 8.49. The molecule has 0 aliphatic carbocycles. The Morgan fingerprint density at radius 2 is 1.22 bits per heavy atom. The molecule has 0 bridgehead atoms. The van der Waals surface area contributed by atoms with Crippen molar-refractivity contribution in [1.29, 1.82) is 0 Å². The van der Waals surface area contributed by atoms with Crippen molar-refractivity contribution >= 4 is 21.4 Å². The first-order valence-corrected chi connectivity index (χ1v) is 13.8. The highest BCUT2D eigenvalue weighted by Gasteiger charge is 2.47. The molecule has 0 aliphatic rings. The molecule has 0 unspecified atom stereocenters. The number of nitrogens with zero attached hydrogens (tertiary/aromatic N) is 1. The van der Waals surface area contributed by atoms with E-state index in [1.165, 1.54) is 26.1 Å². The van der Waals surface area contributed by atoms with Crippen molar-refractivity contribution < 1.29 is 26.3 Å². The van der Waals surface area contributed by atoms with Crippen molar-refractivity contribution in [2.24, 2.45) is 5.41 Å². The Kier molecular flexibility index (Phi) is 7.26. The molecule has 212 valence electrons. The van der Waals surface area contributed by atoms with Gasteiger partial charge >= 0.3 is 12.4 Å². The van der Waals surface area contributed by atoms with Gasteiger partial charge in [-0.2, -0.15) is 26.3 Å². The predicted octanol–water partition coefficient (Wildman–Crippen LogP) is 11.1. The van der Waals surface area contributed by atoms with Crippen LogP contribution in [0.4, 0.5) is 26.3 Å². The first kappa shape index (κ1) is 28.9. The topological polar surface area (TPSA) is 12.9 Å². The average molecular weight is 584 g/mol. The van der Waals surface area contributed by atoms with E-state index in [-0.39, 0.29) is 16.7 Å². The van der Waals surface area contributed by atoms with E-state index in [9.17, 15) is 26.3 Å². The van der Waals surface area contributed by atoms with E-state index in [2.05, 4.69) is 4.98 Å². The molecule has 0 N–H and O–H groups in total. The van der Waals surface area contributed by atoms with Crippen LogP contribution in [0.25, 0.3) is 42.9 Å². The van der Waals surface area contributed by atoms with Crippen LogP contribution in [0.2, 0.25) is 0 Å². The maximum atomic E-state index is 14.4. The zero-order chi connectivity index (χ0) is 29.7. The number of fused-ring (bicyclic) bond motifs is 1. The number of halogens is 6. The number of hydrogen-bond acceptors (Lipinski definition) is 2. The van der Waals surface area contributed by atoms with Crippen molar-refractivity contribution in [3.05, 3.63) is 101 Å². The molecule has 0 saturated carbocycles. The van der Waals surface area contributed by atoms with Crippen molar-refractivity contribution in [1.82, 2.24) is 4.98 Å². The molecule has 3 aromatic carbocycles. The first-order chi connectivity index (χ1) is 19.1. The third-order valence-electron chi connectivity index (χ3n) is 7.23. The Hall–Kier alpha value is -3.65. The SMILES string of the molecule is Cc1cc(C)cc(-c2nccc3c(C(F)(F)F)c(-c4ccc(-c5ccc(CC(C)(C)C(F)(F)F)cc5)cc4)sc23)c1. The molecular weight excluding hydrogens is 556 g/mol. The minimum atomic E-state index is -4.58. The van der Waals surface area contributed by atoms with Crippen LogP contribution in [0, 0.1) is 19.3 Å². The van der Waals surface area contributed by atoms with E-state index < -0.39 is 23.3 Å². The average Bonchev–Trinajstić information content (AvgIpc) is 3.28. The van der Waals surface area contributed by atoms with E-state index in [0.717, 1.165) is 39.2 Å². The van der Waals surface area contributed by atoms with Gasteiger partial charge < -0.3 is 0 Å². The Balaban J connectivity index is 1.52. The zero-order valence-corrected chi connectivity index (χ0v) is 23.7. The zero-order valence-electron chi connectivity index (χ0n) is 22.8. The number of thiophene rings is 1. The Bertz CT molecular complexity index is 1690. The minimum absolute atomic E-state index is 0.113. The van der Waals surface area contributed by atoms with E-state index in [4.69, 9.17) is 0 Å². The highest BCUT2D eigenvalue weighted by atomic mass is 32.1. The van der Waals surface area contributed by atoms with Gasteiger partial charge in [-0.3, -0.25) is 4.98 Å². The molecule has 0 spiro atoms. The van der Waals surface area contributed by atoms with Crippen LogP contribution >= 0.6 is 11.3 Å². The standard InChI is InChI=1S/C33H27F6NS/c1-19-15-20(2)17-25(16-19)28-30-26(13-14-40-28)27(32(34,35)36)29(41-30)24-11-9-23(10-12-24)22-7-5-21(6-8-22)18-31(3,4)33(37,38)39/h5-17H,18H2,1-4H3. The quantitative estimate of drug-likeness (QED) is 0.188. The summed E-state index contributed by atoms with van der Waals surface area (Å²) in [6, 6.07) is 20.8. The first-order valence-electron chi connectivity index (χ1n) is 13.0. The third kappa shape index (κ3) is 5.75. The molecule has 0 amide bonds. The van der Waals surface area contributed by atoms with Crippen molar-refractivity contribution in [2.45, 2.75) is 46.5 Å². The minimum Gasteiger partial charge on any atom is -0.255 e. The number of benzene rings is 3. The molecule has 0 fully saturated rings. The van der Waals surface area contributed by atoms with Crippen LogP contribution in [0.15, 0.2) is 79.0 Å². The summed E-state index contributed by atoms with van der Waals surface area (Å²) in [6.45, 7) is 6.22. The second kappa shape index (κ2) is 10.3. The summed E-state index contributed by atoms with van der Waals surface area (Å²) in [5.41, 5.74) is 3.24. The van der Waals surface area contributed by atoms with Gasteiger partial charge in [0.1, 0.15) is 0 Å². The fraction of sp³-hybridized carbons (Fsp3) is 0.242. The van der Waals surface area contributed by atoms with Gasteiger partial charge in [0.15, 0.2) is 0 Å². The molecule has 2 aromatic heterocycles. The van der Waals surface area contributed by atoms with Gasteiger partial charge in [-0.15, -0.1) is 11.3 Å². The number of pyridine rings is 1. The molecule has 41 heavy (non-hydrogen) atoms. The van der Waals surface area contributed by atoms with Crippen LogP contribution in [0.1, 0.15) is 36.1 Å². The molecule has 0 aliphatic heterocycles. The maximum absolute atomic E-state index is 14.4. The van der Waals surface area contributed by atoms with Crippen molar-refractivity contribution in [3.8, 4) is 32.8 Å². The summed E-state index contributed by atoms with van der Waals surface area (Å²) < 4.78 is 83.7. The summed E-state index contributed by atoms with van der Waals surface area (Å²) >= 11 is 1.07. The second-order valence-corrected chi connectivity index (χ2v) is 12.1. The lowest BCUT2D eigenvalue weighted by molar-refractivity contribution is -0.211. The van der Waals surface area contributed by atoms with Gasteiger partial charge in [0, 0.05) is 22.0 Å². The maximum Gasteiger partial charge on any atom is 0.418 e. The normalized spacial score (nSPS) is 12.7. The molecule has 0 saturated heterocycles. The molecular formula is C33H27F6NS. The number of hydrogen-bond donors (Lipinski definition) is 0. The molecule has 0 atom stereocenters. The molecule has 0 radical (unpaired) electrons. The van der Waals surface area contributed by atoms with E-state index >= 15 is 0 Å². The van der Waals surface area contributed by atoms with Gasteiger partial charge in [-0.05, 0) is 60.7 Å². The van der Waals surface area contributed by atoms with E-state index in [1.54, 1.807) is 48.5 Å². The fourth-order valence-electron chi connectivity index (χ4n) is 5.07. The van der Waals surface area contributed by atoms with Crippen LogP contribution in [0.5, 0.6) is 0 Å². The van der Waals surface area contributed by atoms with Crippen LogP contribution in [-0.2, 0) is 12.6 Å². The Morgan fingerprint density at radius 1 is 0.683 bits per heavy atom. The summed E-state index contributed by atoms with van der Waals surface area (Å²) in [4.78, 5) is 4.58. The van der Waals surface area contributed by atoms with Crippen molar-refractivity contribution in [3.63, 3.8) is 0 Å². The summed E-state index contributed by atoms with van der Waals surface area (Å²) in [6.07, 6.45) is -7.63. The van der Waals surface area contributed by atoms with Gasteiger partial charge in [-0.25, -0.2) is 0 Å². The number of aromatic nitrogens is 1. The lowest BCUT2D eigenvalue weighted by Crippen LogP contribution is -2.34. The Labute approximate surface area is 238 Å². The van der Waals surface area contributed by atoms with Crippen LogP contribution < -0.4 is 0 Å². The van der Waals surface area contributed by atoms with E-state index in [1.807, 2.05) is 32.0 Å². The Morgan fingerprint density at radius 3 is 1.76 bits per heavy atom. The summed E-state index contributed by atoms with van der Waals surface area (Å²) in [5.74, 6) is 0. The molecule has 2 heterocycles. The monoisotopic (exact) mass is 583 g/mol. The van der Waals surface area contributed by atoms with Crippen LogP contribution in [-0.4, -0.2) is 11.2 Å². The highest BCUT2D eigenvalue weighted by Crippen LogP contribution is 2.49. The van der Waals surface area contributed by atoms with E-state index in [0.29, 0.717) is 21.5 Å². The van der Waals surface area contributed by atoms with Gasteiger partial charge in [0.05, 0.1) is 21.4 Å². The van der Waals surface area contributed by atoms with Gasteiger partial charge in [0.25, 0.3) is 0 Å². The van der Waals surface area contributed by atoms with Gasteiger partial charge in [0.2, 0.25) is 0 Å².